The lowest BCUT2D eigenvalue weighted by atomic mass is 9.95. The Morgan fingerprint density at radius 1 is 1.30 bits per heavy atom. The van der Waals surface area contributed by atoms with Crippen LogP contribution >= 0.6 is 11.6 Å². The molecule has 1 aliphatic rings. The van der Waals surface area contributed by atoms with Gasteiger partial charge in [-0.2, -0.15) is 0 Å². The number of carbonyl (C=O) groups excluding carboxylic acids is 1. The van der Waals surface area contributed by atoms with E-state index in [1.165, 1.54) is 6.07 Å². The van der Waals surface area contributed by atoms with Crippen molar-refractivity contribution in [2.75, 3.05) is 0 Å². The Hall–Kier alpha value is -2.15. The summed E-state index contributed by atoms with van der Waals surface area (Å²) >= 11 is 5.63. The van der Waals surface area contributed by atoms with Gasteiger partial charge >= 0.3 is 0 Å². The fourth-order valence-corrected chi connectivity index (χ4v) is 1.82. The zero-order chi connectivity index (χ0) is 15.8. The van der Waals surface area contributed by atoms with E-state index in [1.807, 2.05) is 0 Å². The molecule has 0 aromatic heterocycles. The van der Waals surface area contributed by atoms with Crippen LogP contribution in [0.2, 0.25) is 5.02 Å². The van der Waals surface area contributed by atoms with Gasteiger partial charge < -0.3 is 15.9 Å². The van der Waals surface area contributed by atoms with E-state index in [9.17, 15) is 9.18 Å². The monoisotopic (exact) mass is 305 g/mol. The normalized spacial score (nSPS) is 13.7. The number of hydrogen-bond donors (Lipinski definition) is 3. The minimum absolute atomic E-state index is 0.0371. The number of benzene rings is 1. The van der Waals surface area contributed by atoms with Gasteiger partial charge in [-0.3, -0.25) is 14.4 Å². The second-order valence-electron chi connectivity index (χ2n) is 3.76. The van der Waals surface area contributed by atoms with E-state index in [0.29, 0.717) is 18.4 Å². The van der Waals surface area contributed by atoms with Gasteiger partial charge in [-0.1, -0.05) is 23.7 Å². The summed E-state index contributed by atoms with van der Waals surface area (Å²) in [6, 6.07) is 4.65. The van der Waals surface area contributed by atoms with Crippen molar-refractivity contribution in [1.29, 1.82) is 0 Å². The SMILES string of the molecule is NC(=O)C1(c2cccc(Cl)c2F)CC1.O=CO.O=CO. The van der Waals surface area contributed by atoms with Gasteiger partial charge in [0.25, 0.3) is 12.9 Å². The fourth-order valence-electron chi connectivity index (χ4n) is 1.65. The van der Waals surface area contributed by atoms with E-state index < -0.39 is 17.1 Å². The summed E-state index contributed by atoms with van der Waals surface area (Å²) in [4.78, 5) is 27.9. The maximum absolute atomic E-state index is 13.6. The van der Waals surface area contributed by atoms with Crippen molar-refractivity contribution < 1.29 is 29.0 Å². The molecule has 1 aliphatic carbocycles. The molecule has 0 heterocycles. The predicted octanol–water partition coefficient (Wildman–Crippen LogP) is 1.40. The molecule has 2 rings (SSSR count). The van der Waals surface area contributed by atoms with Crippen LogP contribution in [0.1, 0.15) is 18.4 Å². The summed E-state index contributed by atoms with van der Waals surface area (Å²) in [5, 5.41) is 13.8. The molecule has 1 amide bonds. The average Bonchev–Trinajstić information content (AvgIpc) is 3.16. The molecule has 1 aromatic carbocycles. The molecule has 1 saturated carbocycles. The second kappa shape index (κ2) is 8.11. The first-order valence-electron chi connectivity index (χ1n) is 5.31. The first-order valence-corrected chi connectivity index (χ1v) is 5.69. The van der Waals surface area contributed by atoms with Crippen LogP contribution in [0.3, 0.4) is 0 Å². The van der Waals surface area contributed by atoms with Crippen molar-refractivity contribution in [3.63, 3.8) is 0 Å². The third-order valence-electron chi connectivity index (χ3n) is 2.69. The van der Waals surface area contributed by atoms with Crippen LogP contribution in [0.15, 0.2) is 18.2 Å². The zero-order valence-corrected chi connectivity index (χ0v) is 11.0. The number of carbonyl (C=O) groups is 3. The molecular formula is C12H13ClFNO5. The van der Waals surface area contributed by atoms with Gasteiger partial charge in [-0.05, 0) is 18.9 Å². The topological polar surface area (TPSA) is 118 Å². The first-order chi connectivity index (χ1) is 9.41. The molecule has 0 saturated heterocycles. The molecular weight excluding hydrogens is 293 g/mol. The van der Waals surface area contributed by atoms with Gasteiger partial charge in [0.2, 0.25) is 5.91 Å². The maximum Gasteiger partial charge on any atom is 0.290 e. The van der Waals surface area contributed by atoms with Crippen molar-refractivity contribution in [2.45, 2.75) is 18.3 Å². The van der Waals surface area contributed by atoms with E-state index in [-0.39, 0.29) is 18.0 Å². The molecule has 0 atom stereocenters. The third-order valence-corrected chi connectivity index (χ3v) is 2.98. The van der Waals surface area contributed by atoms with Gasteiger partial charge in [0.05, 0.1) is 10.4 Å². The molecule has 6 nitrogen and oxygen atoms in total. The van der Waals surface area contributed by atoms with Crippen molar-refractivity contribution in [2.24, 2.45) is 5.73 Å². The Morgan fingerprint density at radius 2 is 1.75 bits per heavy atom. The Morgan fingerprint density at radius 3 is 2.10 bits per heavy atom. The molecule has 4 N–H and O–H groups in total. The van der Waals surface area contributed by atoms with E-state index in [4.69, 9.17) is 37.1 Å². The van der Waals surface area contributed by atoms with Gasteiger partial charge in [-0.15, -0.1) is 0 Å². The van der Waals surface area contributed by atoms with E-state index in [2.05, 4.69) is 0 Å². The molecule has 1 aromatic rings. The fraction of sp³-hybridized carbons (Fsp3) is 0.250. The average molecular weight is 306 g/mol. The highest BCUT2D eigenvalue weighted by atomic mass is 35.5. The second-order valence-corrected chi connectivity index (χ2v) is 4.17. The van der Waals surface area contributed by atoms with Gasteiger partial charge in [0.15, 0.2) is 0 Å². The zero-order valence-electron chi connectivity index (χ0n) is 10.3. The van der Waals surface area contributed by atoms with Crippen LogP contribution < -0.4 is 5.73 Å². The summed E-state index contributed by atoms with van der Waals surface area (Å²) in [6.07, 6.45) is 1.22. The standard InChI is InChI=1S/C10H9ClFNO.2CH2O2/c11-7-3-1-2-6(8(7)12)10(4-5-10)9(13)14;2*2-1-3/h1-3H,4-5H2,(H2,13,14);2*1H,(H,2,3). The molecule has 1 fully saturated rings. The van der Waals surface area contributed by atoms with Crippen molar-refractivity contribution in [3.8, 4) is 0 Å². The summed E-state index contributed by atoms with van der Waals surface area (Å²) in [5.74, 6) is -0.996. The van der Waals surface area contributed by atoms with Crippen LogP contribution in [0.25, 0.3) is 0 Å². The van der Waals surface area contributed by atoms with E-state index in [0.717, 1.165) is 0 Å². The van der Waals surface area contributed by atoms with Crippen LogP contribution in [-0.2, 0) is 19.8 Å². The number of amides is 1. The highest BCUT2D eigenvalue weighted by Gasteiger charge is 2.51. The van der Waals surface area contributed by atoms with E-state index in [1.54, 1.807) is 12.1 Å². The lowest BCUT2D eigenvalue weighted by molar-refractivity contribution is -0.123. The lowest BCUT2D eigenvalue weighted by Gasteiger charge is -2.12. The van der Waals surface area contributed by atoms with Crippen LogP contribution in [-0.4, -0.2) is 29.1 Å². The van der Waals surface area contributed by atoms with Crippen LogP contribution in [0.5, 0.6) is 0 Å². The van der Waals surface area contributed by atoms with Crippen molar-refractivity contribution in [1.82, 2.24) is 0 Å². The number of rotatable bonds is 2. The molecule has 0 radical (unpaired) electrons. The third kappa shape index (κ3) is 4.20. The van der Waals surface area contributed by atoms with Crippen LogP contribution in [0, 0.1) is 5.82 Å². The van der Waals surface area contributed by atoms with Crippen molar-refractivity contribution in [3.05, 3.63) is 34.6 Å². The summed E-state index contributed by atoms with van der Waals surface area (Å²) in [7, 11) is 0. The molecule has 20 heavy (non-hydrogen) atoms. The maximum atomic E-state index is 13.6. The number of halogens is 2. The molecule has 8 heteroatoms. The molecule has 0 spiro atoms. The van der Waals surface area contributed by atoms with Gasteiger partial charge in [0, 0.05) is 5.56 Å². The largest absolute Gasteiger partial charge is 0.483 e. The lowest BCUT2D eigenvalue weighted by Crippen LogP contribution is -2.29. The highest BCUT2D eigenvalue weighted by Crippen LogP contribution is 2.49. The van der Waals surface area contributed by atoms with Gasteiger partial charge in [0.1, 0.15) is 5.82 Å². The number of hydrogen-bond acceptors (Lipinski definition) is 3. The minimum Gasteiger partial charge on any atom is -0.483 e. The first kappa shape index (κ1) is 17.8. The highest BCUT2D eigenvalue weighted by molar-refractivity contribution is 6.30. The Bertz CT molecular complexity index is 485. The summed E-state index contributed by atoms with van der Waals surface area (Å²) < 4.78 is 13.6. The Labute approximate surface area is 119 Å². The summed E-state index contributed by atoms with van der Waals surface area (Å²) in [6.45, 7) is -0.500. The van der Waals surface area contributed by atoms with Crippen molar-refractivity contribution >= 4 is 30.5 Å². The van der Waals surface area contributed by atoms with Gasteiger partial charge in [-0.25, -0.2) is 4.39 Å². The molecule has 0 unspecified atom stereocenters. The number of carboxylic acid groups (broad SMARTS) is 2. The Kier molecular flexibility index (Phi) is 7.24. The quantitative estimate of drug-likeness (QED) is 0.714. The molecule has 0 bridgehead atoms. The van der Waals surface area contributed by atoms with E-state index >= 15 is 0 Å². The summed E-state index contributed by atoms with van der Waals surface area (Å²) in [5.41, 5.74) is 4.77. The number of primary amides is 1. The molecule has 0 aliphatic heterocycles. The smallest absolute Gasteiger partial charge is 0.290 e. The molecule has 110 valence electrons. The minimum atomic E-state index is -0.797. The van der Waals surface area contributed by atoms with Crippen LogP contribution in [0.4, 0.5) is 4.39 Å². The Balaban J connectivity index is 0.000000520. The predicted molar refractivity (Wildman–Crippen MR) is 68.9 cm³/mol. The number of nitrogens with two attached hydrogens (primary N) is 1.